The Morgan fingerprint density at radius 1 is 1.35 bits per heavy atom. The molecule has 0 spiro atoms. The number of rotatable bonds is 3. The Hall–Kier alpha value is -1.20. The Bertz CT molecular complexity index is 765. The molecule has 1 aromatic carbocycles. The Labute approximate surface area is 164 Å². The number of carbonyl (C=O) groups excluding carboxylic acids is 2. The fourth-order valence-corrected chi connectivity index (χ4v) is 5.89. The van der Waals surface area contributed by atoms with E-state index in [0.29, 0.717) is 10.9 Å². The zero-order valence-electron chi connectivity index (χ0n) is 15.2. The third-order valence-electron chi connectivity index (χ3n) is 7.34. The molecule has 1 unspecified atom stereocenters. The average Bonchev–Trinajstić information content (AvgIpc) is 3.08. The normalized spacial score (nSPS) is 35.3. The van der Waals surface area contributed by atoms with E-state index in [2.05, 4.69) is 33.4 Å². The van der Waals surface area contributed by atoms with Crippen LogP contribution in [-0.4, -0.2) is 29.0 Å². The maximum Gasteiger partial charge on any atom is 0.417 e. The van der Waals surface area contributed by atoms with E-state index >= 15 is 0 Å². The Morgan fingerprint density at radius 3 is 2.65 bits per heavy atom. The van der Waals surface area contributed by atoms with Crippen molar-refractivity contribution in [2.45, 2.75) is 57.4 Å². The van der Waals surface area contributed by atoms with Crippen LogP contribution in [0.25, 0.3) is 0 Å². The fraction of sp³-hybridized carbons (Fsp3) is 0.600. The van der Waals surface area contributed by atoms with E-state index in [1.165, 1.54) is 4.90 Å². The maximum atomic E-state index is 13.0. The monoisotopic (exact) mass is 393 g/mol. The van der Waals surface area contributed by atoms with Crippen molar-refractivity contribution in [1.82, 2.24) is 4.90 Å². The molecular formula is C20H24ClNO3S. The molecule has 2 aliphatic carbocycles. The van der Waals surface area contributed by atoms with Gasteiger partial charge in [-0.25, -0.2) is 9.69 Å². The van der Waals surface area contributed by atoms with Crippen molar-refractivity contribution in [1.29, 1.82) is 0 Å². The molecule has 4 rings (SSSR count). The van der Waals surface area contributed by atoms with Gasteiger partial charge in [-0.05, 0) is 41.4 Å². The first-order valence-corrected chi connectivity index (χ1v) is 10.0. The van der Waals surface area contributed by atoms with Crippen molar-refractivity contribution in [3.63, 3.8) is 0 Å². The van der Waals surface area contributed by atoms with Gasteiger partial charge in [0.15, 0.2) is 0 Å². The molecule has 26 heavy (non-hydrogen) atoms. The number of halogens is 1. The highest BCUT2D eigenvalue weighted by atomic mass is 35.5. The minimum Gasteiger partial charge on any atom is -0.443 e. The molecule has 0 N–H and O–H groups in total. The molecule has 2 saturated carbocycles. The standard InChI is InChI=1S/C20H24ClNO3S/c1-19(2)13-8-9-20(19,3)17-16(13)25-18(24)22(17)15(23)10-14(26)11-4-6-12(21)7-5-11/h4-7,13-14,16-17,26H,8-10H2,1-3H3/t13?,14-,16+,17+,20-/m0/s1. The van der Waals surface area contributed by atoms with E-state index in [1.54, 1.807) is 12.1 Å². The predicted molar refractivity (Wildman–Crippen MR) is 103 cm³/mol. The Kier molecular flexibility index (Phi) is 4.12. The van der Waals surface area contributed by atoms with Crippen molar-refractivity contribution in [3.05, 3.63) is 34.9 Å². The summed E-state index contributed by atoms with van der Waals surface area (Å²) in [7, 11) is 0. The van der Waals surface area contributed by atoms with E-state index in [4.69, 9.17) is 16.3 Å². The second kappa shape index (κ2) is 5.90. The quantitative estimate of drug-likeness (QED) is 0.745. The van der Waals surface area contributed by atoms with E-state index in [1.807, 2.05) is 12.1 Å². The molecule has 3 aliphatic rings. The van der Waals surface area contributed by atoms with Crippen LogP contribution < -0.4 is 0 Å². The largest absolute Gasteiger partial charge is 0.443 e. The summed E-state index contributed by atoms with van der Waals surface area (Å²) in [5, 5.41) is 0.356. The molecule has 4 nitrogen and oxygen atoms in total. The van der Waals surface area contributed by atoms with Crippen LogP contribution in [0.4, 0.5) is 4.79 Å². The minimum atomic E-state index is -0.490. The van der Waals surface area contributed by atoms with Crippen molar-refractivity contribution in [2.24, 2.45) is 16.7 Å². The highest BCUT2D eigenvalue weighted by molar-refractivity contribution is 7.80. The van der Waals surface area contributed by atoms with Crippen molar-refractivity contribution < 1.29 is 14.3 Å². The molecule has 0 radical (unpaired) electrons. The van der Waals surface area contributed by atoms with E-state index in [9.17, 15) is 9.59 Å². The zero-order chi connectivity index (χ0) is 18.9. The number of carbonyl (C=O) groups is 2. The number of nitrogens with zero attached hydrogens (tertiary/aromatic N) is 1. The van der Waals surface area contributed by atoms with Crippen LogP contribution in [0.5, 0.6) is 0 Å². The lowest BCUT2D eigenvalue weighted by molar-refractivity contribution is -0.131. The molecule has 5 atom stereocenters. The van der Waals surface area contributed by atoms with E-state index in [0.717, 1.165) is 18.4 Å². The van der Waals surface area contributed by atoms with Crippen LogP contribution in [0.15, 0.2) is 24.3 Å². The molecule has 2 amide bonds. The van der Waals surface area contributed by atoms with Gasteiger partial charge in [0, 0.05) is 22.6 Å². The first-order chi connectivity index (χ1) is 12.2. The second-order valence-corrected chi connectivity index (χ2v) is 9.67. The molecular weight excluding hydrogens is 370 g/mol. The van der Waals surface area contributed by atoms with Crippen LogP contribution in [-0.2, 0) is 9.53 Å². The average molecular weight is 394 g/mol. The van der Waals surface area contributed by atoms with E-state index in [-0.39, 0.29) is 40.6 Å². The smallest absolute Gasteiger partial charge is 0.417 e. The summed E-state index contributed by atoms with van der Waals surface area (Å²) in [6.07, 6.45) is 1.57. The molecule has 1 aliphatic heterocycles. The molecule has 1 aromatic rings. The highest BCUT2D eigenvalue weighted by Crippen LogP contribution is 2.68. The van der Waals surface area contributed by atoms with Gasteiger partial charge in [-0.15, -0.1) is 0 Å². The number of imide groups is 1. The van der Waals surface area contributed by atoms with Gasteiger partial charge in [-0.3, -0.25) is 4.79 Å². The second-order valence-electron chi connectivity index (χ2n) is 8.61. The van der Waals surface area contributed by atoms with Gasteiger partial charge < -0.3 is 4.74 Å². The van der Waals surface area contributed by atoms with Gasteiger partial charge >= 0.3 is 6.09 Å². The molecule has 2 bridgehead atoms. The third kappa shape index (κ3) is 2.36. The summed E-state index contributed by atoms with van der Waals surface area (Å²) in [5.41, 5.74) is 0.865. The summed E-state index contributed by atoms with van der Waals surface area (Å²) < 4.78 is 5.68. The van der Waals surface area contributed by atoms with Crippen LogP contribution in [0.1, 0.15) is 50.8 Å². The highest BCUT2D eigenvalue weighted by Gasteiger charge is 2.72. The SMILES string of the molecule is CC1(C)C2CC[C@@]1(C)[C@H]1[C@@H]2OC(=O)N1C(=O)C[C@H](S)c1ccc(Cl)cc1. The van der Waals surface area contributed by atoms with Crippen LogP contribution in [0.3, 0.4) is 0 Å². The molecule has 6 heteroatoms. The Morgan fingerprint density at radius 2 is 2.00 bits per heavy atom. The summed E-state index contributed by atoms with van der Waals surface area (Å²) in [6, 6.07) is 7.12. The summed E-state index contributed by atoms with van der Waals surface area (Å²) in [4.78, 5) is 26.9. The fourth-order valence-electron chi connectivity index (χ4n) is 5.44. The molecule has 1 heterocycles. The number of amides is 2. The predicted octanol–water partition coefficient (Wildman–Crippen LogP) is 4.87. The van der Waals surface area contributed by atoms with Crippen LogP contribution in [0.2, 0.25) is 5.02 Å². The maximum absolute atomic E-state index is 13.0. The van der Waals surface area contributed by atoms with Gasteiger partial charge in [0.2, 0.25) is 5.91 Å². The van der Waals surface area contributed by atoms with E-state index < -0.39 is 6.09 Å². The van der Waals surface area contributed by atoms with Gasteiger partial charge in [-0.2, -0.15) is 12.6 Å². The molecule has 0 aromatic heterocycles. The first kappa shape index (κ1) is 18.2. The summed E-state index contributed by atoms with van der Waals surface area (Å²) >= 11 is 10.5. The van der Waals surface area contributed by atoms with Crippen molar-refractivity contribution in [2.75, 3.05) is 0 Å². The van der Waals surface area contributed by atoms with Gasteiger partial charge in [0.1, 0.15) is 6.10 Å². The Balaban J connectivity index is 1.56. The summed E-state index contributed by atoms with van der Waals surface area (Å²) in [5.74, 6) is 0.115. The topological polar surface area (TPSA) is 46.6 Å². The van der Waals surface area contributed by atoms with Crippen LogP contribution >= 0.6 is 24.2 Å². The lowest BCUT2D eigenvalue weighted by atomic mass is 9.69. The van der Waals surface area contributed by atoms with Crippen LogP contribution in [0, 0.1) is 16.7 Å². The molecule has 3 fully saturated rings. The first-order valence-electron chi connectivity index (χ1n) is 9.13. The number of hydrogen-bond acceptors (Lipinski definition) is 4. The minimum absolute atomic E-state index is 0.0537. The lowest BCUT2D eigenvalue weighted by Crippen LogP contribution is -2.50. The van der Waals surface area contributed by atoms with Gasteiger partial charge in [-0.1, -0.05) is 44.5 Å². The number of fused-ring (bicyclic) bond motifs is 5. The zero-order valence-corrected chi connectivity index (χ0v) is 16.9. The number of hydrogen-bond donors (Lipinski definition) is 1. The van der Waals surface area contributed by atoms with Crippen molar-refractivity contribution in [3.8, 4) is 0 Å². The van der Waals surface area contributed by atoms with Gasteiger partial charge in [0.05, 0.1) is 6.04 Å². The van der Waals surface area contributed by atoms with Gasteiger partial charge in [0.25, 0.3) is 0 Å². The molecule has 140 valence electrons. The number of ether oxygens (including phenoxy) is 1. The third-order valence-corrected chi connectivity index (χ3v) is 8.07. The van der Waals surface area contributed by atoms with Crippen molar-refractivity contribution >= 4 is 36.2 Å². The number of benzene rings is 1. The summed E-state index contributed by atoms with van der Waals surface area (Å²) in [6.45, 7) is 6.69. The lowest BCUT2D eigenvalue weighted by Gasteiger charge is -2.40. The molecule has 1 saturated heterocycles. The number of thiol groups is 1.